The molecule has 0 saturated carbocycles. The highest BCUT2D eigenvalue weighted by molar-refractivity contribution is 7.89. The van der Waals surface area contributed by atoms with Crippen LogP contribution in [0.4, 0.5) is 13.2 Å². The van der Waals surface area contributed by atoms with Crippen molar-refractivity contribution in [3.8, 4) is 5.75 Å². The fourth-order valence-electron chi connectivity index (χ4n) is 3.14. The van der Waals surface area contributed by atoms with Crippen LogP contribution in [0.15, 0.2) is 41.3 Å². The standard InChI is InChI=1S/C19H18F3NO6S/c20-15-7-11(8-16(21)18(15)22)10-29-13-1-3-14(4-2-13)30(27,28)23-6-5-12(24)9-17(23)19(25)26/h1-4,7-8,12,17,24H,5-6,9-10H2,(H,25,26). The van der Waals surface area contributed by atoms with Gasteiger partial charge in [0.1, 0.15) is 18.4 Å². The number of piperidine rings is 1. The Labute approximate surface area is 170 Å². The summed E-state index contributed by atoms with van der Waals surface area (Å²) in [5.74, 6) is -5.46. The topological polar surface area (TPSA) is 104 Å². The molecule has 1 saturated heterocycles. The molecule has 1 fully saturated rings. The van der Waals surface area contributed by atoms with Gasteiger partial charge in [-0.2, -0.15) is 4.31 Å². The molecule has 30 heavy (non-hydrogen) atoms. The van der Waals surface area contributed by atoms with E-state index < -0.39 is 45.6 Å². The van der Waals surface area contributed by atoms with Crippen LogP contribution < -0.4 is 4.74 Å². The minimum atomic E-state index is -4.13. The van der Waals surface area contributed by atoms with E-state index in [4.69, 9.17) is 4.74 Å². The van der Waals surface area contributed by atoms with Gasteiger partial charge >= 0.3 is 5.97 Å². The number of carboxylic acid groups (broad SMARTS) is 1. The van der Waals surface area contributed by atoms with Crippen molar-refractivity contribution in [3.63, 3.8) is 0 Å². The van der Waals surface area contributed by atoms with Gasteiger partial charge < -0.3 is 14.9 Å². The van der Waals surface area contributed by atoms with Crippen molar-refractivity contribution in [3.05, 3.63) is 59.4 Å². The van der Waals surface area contributed by atoms with Crippen LogP contribution in [0.2, 0.25) is 0 Å². The summed E-state index contributed by atoms with van der Waals surface area (Å²) < 4.78 is 71.3. The van der Waals surface area contributed by atoms with E-state index in [1.54, 1.807) is 0 Å². The van der Waals surface area contributed by atoms with Crippen molar-refractivity contribution in [1.82, 2.24) is 4.31 Å². The van der Waals surface area contributed by atoms with Crippen molar-refractivity contribution in [1.29, 1.82) is 0 Å². The monoisotopic (exact) mass is 445 g/mol. The largest absolute Gasteiger partial charge is 0.489 e. The van der Waals surface area contributed by atoms with Gasteiger partial charge in [-0.15, -0.1) is 0 Å². The normalized spacial score (nSPS) is 20.1. The zero-order chi connectivity index (χ0) is 22.1. The molecule has 2 aromatic rings. The molecular formula is C19H18F3NO6S. The predicted octanol–water partition coefficient (Wildman–Crippen LogP) is 2.28. The average Bonchev–Trinajstić information content (AvgIpc) is 2.70. The van der Waals surface area contributed by atoms with Crippen molar-refractivity contribution in [2.75, 3.05) is 6.54 Å². The van der Waals surface area contributed by atoms with Crippen LogP contribution in [0.5, 0.6) is 5.75 Å². The number of aliphatic carboxylic acids is 1. The maximum Gasteiger partial charge on any atom is 0.322 e. The molecule has 0 spiro atoms. The number of carbonyl (C=O) groups is 1. The molecule has 1 aliphatic heterocycles. The first-order valence-corrected chi connectivity index (χ1v) is 10.3. The fourth-order valence-corrected chi connectivity index (χ4v) is 4.75. The first-order valence-electron chi connectivity index (χ1n) is 8.88. The SMILES string of the molecule is O=C(O)C1CC(O)CCN1S(=O)(=O)c1ccc(OCc2cc(F)c(F)c(F)c2)cc1. The molecule has 0 radical (unpaired) electrons. The van der Waals surface area contributed by atoms with Crippen LogP contribution in [0.3, 0.4) is 0 Å². The summed E-state index contributed by atoms with van der Waals surface area (Å²) >= 11 is 0. The Bertz CT molecular complexity index is 1020. The summed E-state index contributed by atoms with van der Waals surface area (Å²) in [7, 11) is -4.13. The number of hydrogen-bond acceptors (Lipinski definition) is 5. The third-order valence-electron chi connectivity index (χ3n) is 4.69. The molecule has 0 aliphatic carbocycles. The molecule has 3 rings (SSSR count). The highest BCUT2D eigenvalue weighted by Gasteiger charge is 2.40. The second-order valence-electron chi connectivity index (χ2n) is 6.78. The number of hydrogen-bond donors (Lipinski definition) is 2. The molecule has 11 heteroatoms. The number of halogens is 3. The highest BCUT2D eigenvalue weighted by Crippen LogP contribution is 2.27. The molecule has 7 nitrogen and oxygen atoms in total. The molecule has 2 atom stereocenters. The minimum absolute atomic E-state index is 0.0410. The maximum absolute atomic E-state index is 13.2. The van der Waals surface area contributed by atoms with Gasteiger partial charge in [0.25, 0.3) is 0 Å². The summed E-state index contributed by atoms with van der Waals surface area (Å²) in [6.45, 7) is -0.425. The first kappa shape index (κ1) is 22.1. The van der Waals surface area contributed by atoms with Gasteiger partial charge in [-0.3, -0.25) is 4.79 Å². The third kappa shape index (κ3) is 4.58. The lowest BCUT2D eigenvalue weighted by molar-refractivity contribution is -0.143. The lowest BCUT2D eigenvalue weighted by atomic mass is 10.0. The van der Waals surface area contributed by atoms with Crippen LogP contribution in [0, 0.1) is 17.5 Å². The van der Waals surface area contributed by atoms with E-state index in [-0.39, 0.29) is 42.2 Å². The van der Waals surface area contributed by atoms with Crippen LogP contribution in [-0.2, 0) is 21.4 Å². The first-order chi connectivity index (χ1) is 14.1. The summed E-state index contributed by atoms with van der Waals surface area (Å²) in [6, 6.07) is 5.22. The number of aliphatic hydroxyl groups is 1. The van der Waals surface area contributed by atoms with Crippen LogP contribution in [0.25, 0.3) is 0 Å². The lowest BCUT2D eigenvalue weighted by Gasteiger charge is -2.34. The summed E-state index contributed by atoms with van der Waals surface area (Å²) in [6.07, 6.45) is -0.982. The molecule has 0 amide bonds. The molecule has 162 valence electrons. The van der Waals surface area contributed by atoms with Crippen LogP contribution in [-0.4, -0.2) is 47.6 Å². The number of ether oxygens (including phenoxy) is 1. The predicted molar refractivity (Wildman–Crippen MR) is 97.6 cm³/mol. The Morgan fingerprint density at radius 1 is 1.13 bits per heavy atom. The van der Waals surface area contributed by atoms with E-state index in [9.17, 15) is 36.6 Å². The van der Waals surface area contributed by atoms with Crippen molar-refractivity contribution in [2.24, 2.45) is 0 Å². The van der Waals surface area contributed by atoms with E-state index in [1.165, 1.54) is 24.3 Å². The summed E-state index contributed by atoms with van der Waals surface area (Å²) in [5, 5.41) is 19.0. The Morgan fingerprint density at radius 2 is 1.73 bits per heavy atom. The lowest BCUT2D eigenvalue weighted by Crippen LogP contribution is -2.51. The molecular weight excluding hydrogens is 427 g/mol. The zero-order valence-electron chi connectivity index (χ0n) is 15.5. The van der Waals surface area contributed by atoms with E-state index in [0.29, 0.717) is 0 Å². The molecule has 1 heterocycles. The van der Waals surface area contributed by atoms with Crippen molar-refractivity contribution in [2.45, 2.75) is 36.5 Å². The molecule has 0 bridgehead atoms. The molecule has 2 aromatic carbocycles. The minimum Gasteiger partial charge on any atom is -0.489 e. The van der Waals surface area contributed by atoms with Crippen molar-refractivity contribution < 1.29 is 41.3 Å². The Hall–Kier alpha value is -2.63. The van der Waals surface area contributed by atoms with Gasteiger partial charge in [0, 0.05) is 13.0 Å². The number of benzene rings is 2. The molecule has 2 N–H and O–H groups in total. The van der Waals surface area contributed by atoms with Gasteiger partial charge in [0.2, 0.25) is 10.0 Å². The van der Waals surface area contributed by atoms with E-state index in [0.717, 1.165) is 16.4 Å². The van der Waals surface area contributed by atoms with Gasteiger partial charge in [0.15, 0.2) is 17.5 Å². The van der Waals surface area contributed by atoms with Crippen LogP contribution >= 0.6 is 0 Å². The number of aliphatic hydroxyl groups excluding tert-OH is 1. The Balaban J connectivity index is 1.74. The van der Waals surface area contributed by atoms with Gasteiger partial charge in [-0.25, -0.2) is 21.6 Å². The van der Waals surface area contributed by atoms with E-state index in [1.807, 2.05) is 0 Å². The average molecular weight is 445 g/mol. The Morgan fingerprint density at radius 3 is 2.30 bits per heavy atom. The molecule has 2 unspecified atom stereocenters. The molecule has 0 aromatic heterocycles. The van der Waals surface area contributed by atoms with E-state index in [2.05, 4.69) is 0 Å². The zero-order valence-corrected chi connectivity index (χ0v) is 16.3. The number of carboxylic acids is 1. The fraction of sp³-hybridized carbons (Fsp3) is 0.316. The quantitative estimate of drug-likeness (QED) is 0.662. The second kappa shape index (κ2) is 8.62. The Kier molecular flexibility index (Phi) is 6.34. The van der Waals surface area contributed by atoms with E-state index >= 15 is 0 Å². The smallest absolute Gasteiger partial charge is 0.322 e. The van der Waals surface area contributed by atoms with Gasteiger partial charge in [-0.05, 0) is 48.4 Å². The van der Waals surface area contributed by atoms with Crippen molar-refractivity contribution >= 4 is 16.0 Å². The van der Waals surface area contributed by atoms with Gasteiger partial charge in [0.05, 0.1) is 11.0 Å². The van der Waals surface area contributed by atoms with Gasteiger partial charge in [-0.1, -0.05) is 0 Å². The maximum atomic E-state index is 13.2. The molecule has 1 aliphatic rings. The third-order valence-corrected chi connectivity index (χ3v) is 6.61. The number of rotatable bonds is 6. The van der Waals surface area contributed by atoms with Crippen LogP contribution in [0.1, 0.15) is 18.4 Å². The summed E-state index contributed by atoms with van der Waals surface area (Å²) in [5.41, 5.74) is 0.0410. The second-order valence-corrected chi connectivity index (χ2v) is 8.67. The number of sulfonamides is 1. The number of nitrogens with zero attached hydrogens (tertiary/aromatic N) is 1. The highest BCUT2D eigenvalue weighted by atomic mass is 32.2. The summed E-state index contributed by atoms with van der Waals surface area (Å²) in [4.78, 5) is 11.2.